The number of ether oxygens (including phenoxy) is 2. The van der Waals surface area contributed by atoms with Crippen molar-refractivity contribution in [1.29, 1.82) is 0 Å². The molecule has 1 aromatic carbocycles. The molecule has 18 heavy (non-hydrogen) atoms. The van der Waals surface area contributed by atoms with Gasteiger partial charge in [-0.05, 0) is 12.1 Å². The fourth-order valence-corrected chi connectivity index (χ4v) is 1.77. The van der Waals surface area contributed by atoms with Crippen LogP contribution in [0.25, 0.3) is 0 Å². The third-order valence-electron chi connectivity index (χ3n) is 2.88. The van der Waals surface area contributed by atoms with Crippen molar-refractivity contribution in [3.63, 3.8) is 0 Å². The zero-order valence-electron chi connectivity index (χ0n) is 9.54. The molecule has 0 spiro atoms. The highest BCUT2D eigenvalue weighted by molar-refractivity contribution is 6.13. The second-order valence-corrected chi connectivity index (χ2v) is 4.02. The Hall–Kier alpha value is -1.82. The minimum atomic E-state index is -1.51. The summed E-state index contributed by atoms with van der Waals surface area (Å²) >= 11 is 0. The molecule has 2 rings (SSSR count). The van der Waals surface area contributed by atoms with Gasteiger partial charge < -0.3 is 9.47 Å². The molecule has 0 amide bonds. The summed E-state index contributed by atoms with van der Waals surface area (Å²) in [7, 11) is 1.14. The van der Waals surface area contributed by atoms with Gasteiger partial charge in [-0.3, -0.25) is 9.59 Å². The fraction of sp³-hybridized carbons (Fsp3) is 0.333. The summed E-state index contributed by atoms with van der Waals surface area (Å²) in [4.78, 5) is 23.7. The van der Waals surface area contributed by atoms with E-state index in [1.807, 2.05) is 0 Å². The first-order valence-electron chi connectivity index (χ1n) is 5.17. The molecule has 1 aliphatic heterocycles. The van der Waals surface area contributed by atoms with Crippen molar-refractivity contribution in [2.75, 3.05) is 20.3 Å². The van der Waals surface area contributed by atoms with Crippen LogP contribution in [0.4, 0.5) is 8.78 Å². The van der Waals surface area contributed by atoms with Crippen molar-refractivity contribution in [2.24, 2.45) is 5.41 Å². The number of benzene rings is 1. The van der Waals surface area contributed by atoms with Gasteiger partial charge in [0.1, 0.15) is 11.6 Å². The third kappa shape index (κ3) is 1.78. The van der Waals surface area contributed by atoms with E-state index in [-0.39, 0.29) is 18.8 Å². The van der Waals surface area contributed by atoms with Crippen molar-refractivity contribution in [2.45, 2.75) is 0 Å². The molecule has 0 radical (unpaired) electrons. The van der Waals surface area contributed by atoms with Crippen molar-refractivity contribution in [3.8, 4) is 0 Å². The average Bonchev–Trinajstić information content (AvgIpc) is 2.26. The lowest BCUT2D eigenvalue weighted by Gasteiger charge is -2.36. The highest BCUT2D eigenvalue weighted by Crippen LogP contribution is 2.34. The Morgan fingerprint density at radius 3 is 2.44 bits per heavy atom. The van der Waals surface area contributed by atoms with Gasteiger partial charge in [0.05, 0.1) is 25.9 Å². The number of methoxy groups -OCH3 is 1. The van der Waals surface area contributed by atoms with E-state index in [1.54, 1.807) is 0 Å². The molecule has 0 saturated carbocycles. The first kappa shape index (κ1) is 12.6. The Bertz CT molecular complexity index is 509. The number of Topliss-reactive ketones (excluding diaryl/α,β-unsaturated/α-hetero) is 1. The smallest absolute Gasteiger partial charge is 0.324 e. The van der Waals surface area contributed by atoms with Crippen LogP contribution >= 0.6 is 0 Å². The van der Waals surface area contributed by atoms with Crippen molar-refractivity contribution >= 4 is 11.8 Å². The van der Waals surface area contributed by atoms with Gasteiger partial charge >= 0.3 is 5.97 Å². The van der Waals surface area contributed by atoms with Crippen LogP contribution < -0.4 is 0 Å². The van der Waals surface area contributed by atoms with E-state index in [4.69, 9.17) is 4.74 Å². The molecule has 1 aromatic rings. The van der Waals surface area contributed by atoms with E-state index >= 15 is 0 Å². The molecule has 0 atom stereocenters. The second kappa shape index (κ2) is 4.45. The van der Waals surface area contributed by atoms with Gasteiger partial charge in [0.15, 0.2) is 11.2 Å². The SMILES string of the molecule is COC(=O)C1(C(=O)c2ccc(F)cc2F)COC1. The van der Waals surface area contributed by atoms with E-state index in [0.717, 1.165) is 19.2 Å². The average molecular weight is 256 g/mol. The molecule has 0 bridgehead atoms. The number of carbonyl (C=O) groups is 2. The first-order valence-corrected chi connectivity index (χ1v) is 5.17. The number of carbonyl (C=O) groups excluding carboxylic acids is 2. The molecule has 1 heterocycles. The van der Waals surface area contributed by atoms with Crippen molar-refractivity contribution in [3.05, 3.63) is 35.4 Å². The molecule has 0 aliphatic carbocycles. The topological polar surface area (TPSA) is 52.6 Å². The van der Waals surface area contributed by atoms with Crippen LogP contribution in [-0.4, -0.2) is 32.1 Å². The maximum Gasteiger partial charge on any atom is 0.324 e. The maximum atomic E-state index is 13.5. The van der Waals surface area contributed by atoms with Crippen LogP contribution in [0.2, 0.25) is 0 Å². The molecule has 1 fully saturated rings. The Kier molecular flexibility index (Phi) is 3.13. The van der Waals surface area contributed by atoms with Crippen LogP contribution in [0.15, 0.2) is 18.2 Å². The number of esters is 1. The lowest BCUT2D eigenvalue weighted by Crippen LogP contribution is -2.55. The van der Waals surface area contributed by atoms with Gasteiger partial charge in [-0.15, -0.1) is 0 Å². The summed E-state index contributed by atoms with van der Waals surface area (Å²) in [6.07, 6.45) is 0. The largest absolute Gasteiger partial charge is 0.468 e. The van der Waals surface area contributed by atoms with E-state index in [2.05, 4.69) is 4.74 Å². The van der Waals surface area contributed by atoms with Gasteiger partial charge in [-0.25, -0.2) is 8.78 Å². The normalized spacial score (nSPS) is 16.8. The third-order valence-corrected chi connectivity index (χ3v) is 2.88. The number of hydrogen-bond acceptors (Lipinski definition) is 4. The van der Waals surface area contributed by atoms with E-state index in [1.165, 1.54) is 0 Å². The van der Waals surface area contributed by atoms with Gasteiger partial charge in [0.2, 0.25) is 0 Å². The Morgan fingerprint density at radius 1 is 1.33 bits per heavy atom. The Morgan fingerprint density at radius 2 is 2.00 bits per heavy atom. The lowest BCUT2D eigenvalue weighted by atomic mass is 9.78. The van der Waals surface area contributed by atoms with E-state index < -0.39 is 28.8 Å². The molecule has 96 valence electrons. The van der Waals surface area contributed by atoms with Crippen molar-refractivity contribution in [1.82, 2.24) is 0 Å². The fourth-order valence-electron chi connectivity index (χ4n) is 1.77. The van der Waals surface area contributed by atoms with Crippen LogP contribution in [0.3, 0.4) is 0 Å². The minimum absolute atomic E-state index is 0.157. The summed E-state index contributed by atoms with van der Waals surface area (Å²) in [6.45, 7) is -0.315. The summed E-state index contributed by atoms with van der Waals surface area (Å²) in [5.74, 6) is -3.32. The second-order valence-electron chi connectivity index (χ2n) is 4.02. The Balaban J connectivity index is 2.38. The predicted octanol–water partition coefficient (Wildman–Crippen LogP) is 1.34. The van der Waals surface area contributed by atoms with Gasteiger partial charge in [-0.2, -0.15) is 0 Å². The zero-order chi connectivity index (χ0) is 13.3. The highest BCUT2D eigenvalue weighted by atomic mass is 19.1. The van der Waals surface area contributed by atoms with Gasteiger partial charge in [0, 0.05) is 6.07 Å². The summed E-state index contributed by atoms with van der Waals surface area (Å²) in [6, 6.07) is 2.56. The van der Waals surface area contributed by atoms with Crippen LogP contribution in [-0.2, 0) is 14.3 Å². The van der Waals surface area contributed by atoms with Crippen LogP contribution in [0.1, 0.15) is 10.4 Å². The monoisotopic (exact) mass is 256 g/mol. The molecule has 0 aromatic heterocycles. The molecule has 1 saturated heterocycles. The van der Waals surface area contributed by atoms with Crippen LogP contribution in [0.5, 0.6) is 0 Å². The number of halogens is 2. The molecular weight excluding hydrogens is 246 g/mol. The van der Waals surface area contributed by atoms with Crippen LogP contribution in [0, 0.1) is 17.0 Å². The molecule has 6 heteroatoms. The minimum Gasteiger partial charge on any atom is -0.468 e. The van der Waals surface area contributed by atoms with E-state index in [9.17, 15) is 18.4 Å². The number of hydrogen-bond donors (Lipinski definition) is 0. The Labute approximate surface area is 101 Å². The lowest BCUT2D eigenvalue weighted by molar-refractivity contribution is -0.172. The molecule has 0 N–H and O–H groups in total. The van der Waals surface area contributed by atoms with Gasteiger partial charge in [-0.1, -0.05) is 0 Å². The molecule has 4 nitrogen and oxygen atoms in total. The molecule has 1 aliphatic rings. The van der Waals surface area contributed by atoms with Gasteiger partial charge in [0.25, 0.3) is 0 Å². The highest BCUT2D eigenvalue weighted by Gasteiger charge is 2.54. The summed E-state index contributed by atoms with van der Waals surface area (Å²) in [5.41, 5.74) is -1.85. The predicted molar refractivity (Wildman–Crippen MR) is 56.0 cm³/mol. The van der Waals surface area contributed by atoms with Crippen molar-refractivity contribution < 1.29 is 27.8 Å². The number of rotatable bonds is 3. The molecular formula is C12H10F2O4. The first-order chi connectivity index (χ1) is 8.51. The zero-order valence-corrected chi connectivity index (χ0v) is 9.54. The quantitative estimate of drug-likeness (QED) is 0.465. The standard InChI is InChI=1S/C12H10F2O4/c1-17-11(16)12(5-18-6-12)10(15)8-3-2-7(13)4-9(8)14/h2-4H,5-6H2,1H3. The van der Waals surface area contributed by atoms with E-state index in [0.29, 0.717) is 6.07 Å². The summed E-state index contributed by atoms with van der Waals surface area (Å²) in [5, 5.41) is 0. The number of ketones is 1. The maximum absolute atomic E-state index is 13.5. The summed E-state index contributed by atoms with van der Waals surface area (Å²) < 4.78 is 35.6. The molecule has 0 unspecified atom stereocenters.